The first-order valence-electron chi connectivity index (χ1n) is 4.96. The molecule has 0 aromatic heterocycles. The average Bonchev–Trinajstić information content (AvgIpc) is 2.31. The molecule has 1 aliphatic heterocycles. The summed E-state index contributed by atoms with van der Waals surface area (Å²) in [7, 11) is 0. The number of ether oxygens (including phenoxy) is 1. The Kier molecular flexibility index (Phi) is 3.04. The monoisotopic (exact) mass is 222 g/mol. The minimum Gasteiger partial charge on any atom is -0.506 e. The number of benzene rings is 1. The summed E-state index contributed by atoms with van der Waals surface area (Å²) in [5.41, 5.74) is 0.183. The highest BCUT2D eigenvalue weighted by Crippen LogP contribution is 2.30. The number of nitrogens with zero attached hydrogens (tertiary/aromatic N) is 1. The first kappa shape index (κ1) is 10.9. The third-order valence-corrected chi connectivity index (χ3v) is 2.57. The van der Waals surface area contributed by atoms with Gasteiger partial charge in [0.25, 0.3) is 0 Å². The molecular weight excluding hydrogens is 211 g/mol. The van der Waals surface area contributed by atoms with Crippen LogP contribution in [0.4, 0.5) is 4.39 Å². The van der Waals surface area contributed by atoms with Gasteiger partial charge in [-0.25, -0.2) is 4.39 Å². The van der Waals surface area contributed by atoms with Crippen molar-refractivity contribution in [1.82, 2.24) is 5.32 Å². The molecule has 1 aromatic rings. The Morgan fingerprint density at radius 2 is 2.38 bits per heavy atom. The van der Waals surface area contributed by atoms with E-state index in [1.54, 1.807) is 6.07 Å². The van der Waals surface area contributed by atoms with Gasteiger partial charge in [-0.2, -0.15) is 5.26 Å². The molecule has 1 atom stereocenters. The molecule has 0 radical (unpaired) electrons. The molecule has 1 aromatic carbocycles. The minimum atomic E-state index is -0.708. The third kappa shape index (κ3) is 1.85. The number of morpholine rings is 1. The van der Waals surface area contributed by atoms with Gasteiger partial charge in [0, 0.05) is 12.1 Å². The van der Waals surface area contributed by atoms with E-state index in [1.807, 2.05) is 0 Å². The average molecular weight is 222 g/mol. The first-order valence-corrected chi connectivity index (χ1v) is 4.96. The van der Waals surface area contributed by atoms with Crippen LogP contribution in [0.2, 0.25) is 0 Å². The van der Waals surface area contributed by atoms with Gasteiger partial charge in [-0.15, -0.1) is 0 Å². The molecule has 1 aliphatic rings. The van der Waals surface area contributed by atoms with Crippen molar-refractivity contribution in [3.8, 4) is 11.8 Å². The van der Waals surface area contributed by atoms with E-state index in [9.17, 15) is 9.50 Å². The number of phenolic OH excluding ortho intramolecular Hbond substituents is 1. The molecule has 0 aliphatic carbocycles. The summed E-state index contributed by atoms with van der Waals surface area (Å²) in [6.45, 7) is 1.69. The van der Waals surface area contributed by atoms with E-state index in [0.29, 0.717) is 25.3 Å². The van der Waals surface area contributed by atoms with E-state index in [1.165, 1.54) is 12.1 Å². The predicted molar refractivity (Wildman–Crippen MR) is 54.3 cm³/mol. The van der Waals surface area contributed by atoms with Crippen molar-refractivity contribution in [2.24, 2.45) is 0 Å². The highest BCUT2D eigenvalue weighted by Gasteiger charge is 2.21. The van der Waals surface area contributed by atoms with Crippen LogP contribution in [0, 0.1) is 17.1 Å². The lowest BCUT2D eigenvalue weighted by Gasteiger charge is -2.25. The fraction of sp³-hybridized carbons (Fsp3) is 0.364. The molecule has 1 saturated heterocycles. The van der Waals surface area contributed by atoms with Gasteiger partial charge in [0.1, 0.15) is 23.2 Å². The maximum Gasteiger partial charge on any atom is 0.144 e. The Hall–Kier alpha value is -1.64. The zero-order valence-corrected chi connectivity index (χ0v) is 8.53. The van der Waals surface area contributed by atoms with E-state index in [2.05, 4.69) is 5.32 Å². The molecule has 0 unspecified atom stereocenters. The molecule has 5 heteroatoms. The van der Waals surface area contributed by atoms with Gasteiger partial charge >= 0.3 is 0 Å². The fourth-order valence-corrected chi connectivity index (χ4v) is 1.74. The summed E-state index contributed by atoms with van der Waals surface area (Å²) in [6, 6.07) is 4.11. The number of hydrogen-bond acceptors (Lipinski definition) is 4. The van der Waals surface area contributed by atoms with Crippen LogP contribution < -0.4 is 5.32 Å². The topological polar surface area (TPSA) is 65.3 Å². The number of nitrogens with one attached hydrogen (secondary N) is 1. The quantitative estimate of drug-likeness (QED) is 0.745. The van der Waals surface area contributed by atoms with E-state index in [0.717, 1.165) is 0 Å². The molecule has 84 valence electrons. The Morgan fingerprint density at radius 1 is 1.56 bits per heavy atom. The molecule has 0 spiro atoms. The van der Waals surface area contributed by atoms with Crippen LogP contribution >= 0.6 is 0 Å². The molecular formula is C11H11FN2O2. The second-order valence-corrected chi connectivity index (χ2v) is 3.55. The van der Waals surface area contributed by atoms with Gasteiger partial charge < -0.3 is 15.2 Å². The van der Waals surface area contributed by atoms with E-state index < -0.39 is 5.82 Å². The first-order chi connectivity index (χ1) is 7.74. The standard InChI is InChI=1S/C11H11FN2O2/c12-9-2-1-7(11(15)8(9)5-13)10-6-16-4-3-14-10/h1-2,10,14-15H,3-4,6H2/t10-/m0/s1. The molecule has 4 nitrogen and oxygen atoms in total. The van der Waals surface area contributed by atoms with Gasteiger partial charge in [0.15, 0.2) is 0 Å². The Balaban J connectivity index is 2.38. The van der Waals surface area contributed by atoms with Crippen molar-refractivity contribution in [1.29, 1.82) is 5.26 Å². The predicted octanol–water partition coefficient (Wildman–Crippen LogP) is 1.06. The van der Waals surface area contributed by atoms with Gasteiger partial charge in [-0.05, 0) is 6.07 Å². The maximum atomic E-state index is 13.2. The lowest BCUT2D eigenvalue weighted by molar-refractivity contribution is 0.0760. The summed E-state index contributed by atoms with van der Waals surface area (Å²) in [6.07, 6.45) is 0. The number of nitriles is 1. The van der Waals surface area contributed by atoms with Crippen LogP contribution in [-0.4, -0.2) is 24.9 Å². The summed E-state index contributed by atoms with van der Waals surface area (Å²) in [5.74, 6) is -1.01. The summed E-state index contributed by atoms with van der Waals surface area (Å²) >= 11 is 0. The normalized spacial score (nSPS) is 20.4. The smallest absolute Gasteiger partial charge is 0.144 e. The van der Waals surface area contributed by atoms with Crippen molar-refractivity contribution in [3.63, 3.8) is 0 Å². The van der Waals surface area contributed by atoms with Crippen LogP contribution in [0.3, 0.4) is 0 Å². The summed E-state index contributed by atoms with van der Waals surface area (Å²) in [4.78, 5) is 0. The van der Waals surface area contributed by atoms with Gasteiger partial charge in [-0.3, -0.25) is 0 Å². The van der Waals surface area contributed by atoms with Gasteiger partial charge in [0.2, 0.25) is 0 Å². The largest absolute Gasteiger partial charge is 0.506 e. The van der Waals surface area contributed by atoms with Crippen molar-refractivity contribution in [2.45, 2.75) is 6.04 Å². The number of rotatable bonds is 1. The molecule has 1 heterocycles. The van der Waals surface area contributed by atoms with Gasteiger partial charge in [-0.1, -0.05) is 6.07 Å². The van der Waals surface area contributed by atoms with E-state index >= 15 is 0 Å². The number of aromatic hydroxyl groups is 1. The number of hydrogen-bond donors (Lipinski definition) is 2. The highest BCUT2D eigenvalue weighted by atomic mass is 19.1. The Morgan fingerprint density at radius 3 is 3.00 bits per heavy atom. The van der Waals surface area contributed by atoms with Gasteiger partial charge in [0.05, 0.1) is 19.3 Å². The van der Waals surface area contributed by atoms with Crippen LogP contribution in [0.1, 0.15) is 17.2 Å². The van der Waals surface area contributed by atoms with Crippen LogP contribution in [0.25, 0.3) is 0 Å². The van der Waals surface area contributed by atoms with E-state index in [-0.39, 0.29) is 17.4 Å². The molecule has 2 rings (SSSR count). The number of halogens is 1. The third-order valence-electron chi connectivity index (χ3n) is 2.57. The second kappa shape index (κ2) is 4.47. The van der Waals surface area contributed by atoms with Crippen LogP contribution in [0.5, 0.6) is 5.75 Å². The molecule has 2 N–H and O–H groups in total. The Labute approximate surface area is 92.3 Å². The van der Waals surface area contributed by atoms with Crippen molar-refractivity contribution in [3.05, 3.63) is 29.1 Å². The SMILES string of the molecule is N#Cc1c(F)ccc([C@@H]2COCCN2)c1O. The lowest BCUT2D eigenvalue weighted by Crippen LogP contribution is -2.34. The van der Waals surface area contributed by atoms with Crippen LogP contribution in [-0.2, 0) is 4.74 Å². The molecule has 1 fully saturated rings. The van der Waals surface area contributed by atoms with E-state index in [4.69, 9.17) is 10.00 Å². The molecule has 0 saturated carbocycles. The Bertz CT molecular complexity index is 436. The summed E-state index contributed by atoms with van der Waals surface area (Å²) < 4.78 is 18.4. The molecule has 0 bridgehead atoms. The minimum absolute atomic E-state index is 0.193. The van der Waals surface area contributed by atoms with Crippen molar-refractivity contribution < 1.29 is 14.2 Å². The molecule has 0 amide bonds. The highest BCUT2D eigenvalue weighted by molar-refractivity contribution is 5.49. The second-order valence-electron chi connectivity index (χ2n) is 3.55. The zero-order chi connectivity index (χ0) is 11.5. The lowest BCUT2D eigenvalue weighted by atomic mass is 10.0. The molecule has 16 heavy (non-hydrogen) atoms. The maximum absolute atomic E-state index is 13.2. The summed E-state index contributed by atoms with van der Waals surface area (Å²) in [5, 5.41) is 21.6. The fourth-order valence-electron chi connectivity index (χ4n) is 1.74. The number of phenols is 1. The van der Waals surface area contributed by atoms with Crippen molar-refractivity contribution >= 4 is 0 Å². The zero-order valence-electron chi connectivity index (χ0n) is 8.53. The van der Waals surface area contributed by atoms with Crippen molar-refractivity contribution in [2.75, 3.05) is 19.8 Å². The van der Waals surface area contributed by atoms with Crippen LogP contribution in [0.15, 0.2) is 12.1 Å².